The molecule has 1 atom stereocenters. The van der Waals surface area contributed by atoms with E-state index in [0.29, 0.717) is 12.0 Å². The molecule has 0 aromatic heterocycles. The molecule has 1 unspecified atom stereocenters. The molecule has 11 heavy (non-hydrogen) atoms. The Morgan fingerprint density at radius 3 is 2.73 bits per heavy atom. The number of aliphatic hydroxyl groups excluding tert-OH is 1. The van der Waals surface area contributed by atoms with Gasteiger partial charge in [-0.15, -0.1) is 0 Å². The molecule has 1 aromatic rings. The van der Waals surface area contributed by atoms with Crippen molar-refractivity contribution in [1.82, 2.24) is 0 Å². The number of aldehydes is 1. The van der Waals surface area contributed by atoms with Crippen LogP contribution in [0.5, 0.6) is 0 Å². The Hall–Kier alpha value is -1.35. The lowest BCUT2D eigenvalue weighted by atomic mass is 10.3. The second-order valence-corrected chi connectivity index (χ2v) is 2.01. The van der Waals surface area contributed by atoms with Gasteiger partial charge < -0.3 is 10.4 Å². The van der Waals surface area contributed by atoms with E-state index < -0.39 is 6.23 Å². The van der Waals surface area contributed by atoms with Gasteiger partial charge in [0.15, 0.2) is 12.5 Å². The van der Waals surface area contributed by atoms with Crippen molar-refractivity contribution in [3.63, 3.8) is 0 Å². The summed E-state index contributed by atoms with van der Waals surface area (Å²) in [5, 5.41) is 11.4. The van der Waals surface area contributed by atoms with Crippen molar-refractivity contribution in [1.29, 1.82) is 0 Å². The molecule has 0 aliphatic heterocycles. The first-order chi connectivity index (χ1) is 5.33. The number of carbonyl (C=O) groups is 1. The van der Waals surface area contributed by atoms with E-state index >= 15 is 0 Å². The number of aliphatic hydroxyl groups is 1. The maximum Gasteiger partial charge on any atom is 0.181 e. The van der Waals surface area contributed by atoms with Gasteiger partial charge in [0.25, 0.3) is 0 Å². The topological polar surface area (TPSA) is 49.3 Å². The zero-order valence-corrected chi connectivity index (χ0v) is 5.82. The van der Waals surface area contributed by atoms with Crippen molar-refractivity contribution in [2.24, 2.45) is 0 Å². The van der Waals surface area contributed by atoms with Crippen molar-refractivity contribution in [3.05, 3.63) is 30.3 Å². The van der Waals surface area contributed by atoms with E-state index in [0.717, 1.165) is 0 Å². The van der Waals surface area contributed by atoms with Crippen LogP contribution in [-0.2, 0) is 4.79 Å². The number of rotatable bonds is 3. The van der Waals surface area contributed by atoms with Gasteiger partial charge in [-0.25, -0.2) is 0 Å². The van der Waals surface area contributed by atoms with E-state index in [9.17, 15) is 4.79 Å². The van der Waals surface area contributed by atoms with Crippen molar-refractivity contribution in [3.8, 4) is 0 Å². The Bertz CT molecular complexity index is 223. The third-order valence-corrected chi connectivity index (χ3v) is 1.16. The highest BCUT2D eigenvalue weighted by atomic mass is 16.3. The number of carbonyl (C=O) groups excluding carboxylic acids is 1. The number of anilines is 1. The van der Waals surface area contributed by atoms with Crippen LogP contribution in [0.2, 0.25) is 0 Å². The molecule has 3 heteroatoms. The molecule has 1 rings (SSSR count). The van der Waals surface area contributed by atoms with Gasteiger partial charge in [0.2, 0.25) is 0 Å². The second kappa shape index (κ2) is 3.73. The van der Waals surface area contributed by atoms with Crippen LogP contribution in [0.4, 0.5) is 5.69 Å². The van der Waals surface area contributed by atoms with Crippen LogP contribution >= 0.6 is 0 Å². The summed E-state index contributed by atoms with van der Waals surface area (Å²) in [6, 6.07) is 9.63. The maximum atomic E-state index is 9.99. The fourth-order valence-electron chi connectivity index (χ4n) is 0.688. The zero-order valence-electron chi connectivity index (χ0n) is 5.82. The molecular weight excluding hydrogens is 142 g/mol. The summed E-state index contributed by atoms with van der Waals surface area (Å²) >= 11 is 0. The first-order valence-corrected chi connectivity index (χ1v) is 3.19. The number of hydrogen-bond acceptors (Lipinski definition) is 3. The molecule has 0 saturated heterocycles. The SMILES string of the molecule is O=CC(O)Nc1cc[c]cc1. The Labute approximate surface area is 64.7 Å². The van der Waals surface area contributed by atoms with Crippen molar-refractivity contribution < 1.29 is 9.90 Å². The Kier molecular flexibility index (Phi) is 2.63. The molecule has 2 N–H and O–H groups in total. The van der Waals surface area contributed by atoms with Crippen LogP contribution in [-0.4, -0.2) is 17.6 Å². The monoisotopic (exact) mass is 150 g/mol. The highest BCUT2D eigenvalue weighted by Crippen LogP contribution is 2.04. The predicted molar refractivity (Wildman–Crippen MR) is 41.0 cm³/mol. The van der Waals surface area contributed by atoms with Gasteiger partial charge in [-0.05, 0) is 18.2 Å². The average Bonchev–Trinajstić information content (AvgIpc) is 2.06. The quantitative estimate of drug-likeness (QED) is 0.485. The second-order valence-electron chi connectivity index (χ2n) is 2.01. The molecule has 0 aliphatic rings. The molecule has 0 heterocycles. The van der Waals surface area contributed by atoms with Crippen LogP contribution in [0.15, 0.2) is 24.3 Å². The highest BCUT2D eigenvalue weighted by molar-refractivity contribution is 5.61. The van der Waals surface area contributed by atoms with Gasteiger partial charge in [-0.1, -0.05) is 12.1 Å². The summed E-state index contributed by atoms with van der Waals surface area (Å²) in [4.78, 5) is 9.99. The van der Waals surface area contributed by atoms with E-state index in [2.05, 4.69) is 11.4 Å². The zero-order chi connectivity index (χ0) is 8.10. The van der Waals surface area contributed by atoms with Gasteiger partial charge in [0, 0.05) is 5.69 Å². The number of nitrogens with one attached hydrogen (secondary N) is 1. The van der Waals surface area contributed by atoms with Crippen molar-refractivity contribution in [2.45, 2.75) is 6.23 Å². The lowest BCUT2D eigenvalue weighted by Gasteiger charge is -2.06. The first kappa shape index (κ1) is 7.75. The molecule has 1 radical (unpaired) electrons. The van der Waals surface area contributed by atoms with Crippen LogP contribution in [0.3, 0.4) is 0 Å². The molecule has 0 fully saturated rings. The lowest BCUT2D eigenvalue weighted by Crippen LogP contribution is -2.19. The molecule has 0 aliphatic carbocycles. The number of hydrogen-bond donors (Lipinski definition) is 2. The lowest BCUT2D eigenvalue weighted by molar-refractivity contribution is -0.113. The summed E-state index contributed by atoms with van der Waals surface area (Å²) in [5.41, 5.74) is 0.698. The molecular formula is C8H8NO2. The average molecular weight is 150 g/mol. The summed E-state index contributed by atoms with van der Waals surface area (Å²) in [5.74, 6) is 0. The first-order valence-electron chi connectivity index (χ1n) is 3.19. The van der Waals surface area contributed by atoms with Crippen LogP contribution < -0.4 is 5.32 Å². The normalized spacial score (nSPS) is 12.1. The molecule has 1 aromatic carbocycles. The smallest absolute Gasteiger partial charge is 0.181 e. The molecule has 0 bridgehead atoms. The Morgan fingerprint density at radius 1 is 1.55 bits per heavy atom. The Morgan fingerprint density at radius 2 is 2.18 bits per heavy atom. The Balaban J connectivity index is 2.57. The summed E-state index contributed by atoms with van der Waals surface area (Å²) < 4.78 is 0. The molecule has 0 saturated carbocycles. The fourth-order valence-corrected chi connectivity index (χ4v) is 0.688. The summed E-state index contributed by atoms with van der Waals surface area (Å²) in [6.45, 7) is 0. The fraction of sp³-hybridized carbons (Fsp3) is 0.125. The standard InChI is InChI=1S/C8H8NO2/c10-6-8(11)9-7-4-2-1-3-5-7/h2-6,8-9,11H. The molecule has 3 nitrogen and oxygen atoms in total. The van der Waals surface area contributed by atoms with E-state index in [1.165, 1.54) is 0 Å². The van der Waals surface area contributed by atoms with Gasteiger partial charge in [-0.3, -0.25) is 4.79 Å². The third-order valence-electron chi connectivity index (χ3n) is 1.16. The minimum atomic E-state index is -1.13. The van der Waals surface area contributed by atoms with E-state index in [-0.39, 0.29) is 0 Å². The molecule has 57 valence electrons. The maximum absolute atomic E-state index is 9.99. The molecule has 0 spiro atoms. The van der Waals surface area contributed by atoms with E-state index in [1.54, 1.807) is 24.3 Å². The summed E-state index contributed by atoms with van der Waals surface area (Å²) in [6.07, 6.45) is -0.700. The van der Waals surface area contributed by atoms with Gasteiger partial charge in [0.05, 0.1) is 0 Å². The predicted octanol–water partition coefficient (Wildman–Crippen LogP) is 0.416. The van der Waals surface area contributed by atoms with Crippen molar-refractivity contribution in [2.75, 3.05) is 5.32 Å². The van der Waals surface area contributed by atoms with Crippen LogP contribution in [0.25, 0.3) is 0 Å². The summed E-state index contributed by atoms with van der Waals surface area (Å²) in [7, 11) is 0. The van der Waals surface area contributed by atoms with Crippen LogP contribution in [0, 0.1) is 6.07 Å². The van der Waals surface area contributed by atoms with E-state index in [1.807, 2.05) is 0 Å². The third kappa shape index (κ3) is 2.39. The number of benzene rings is 1. The minimum Gasteiger partial charge on any atom is -0.367 e. The van der Waals surface area contributed by atoms with Crippen molar-refractivity contribution >= 4 is 12.0 Å². The van der Waals surface area contributed by atoms with Gasteiger partial charge in [-0.2, -0.15) is 0 Å². The van der Waals surface area contributed by atoms with Crippen LogP contribution in [0.1, 0.15) is 0 Å². The largest absolute Gasteiger partial charge is 0.367 e. The highest BCUT2D eigenvalue weighted by Gasteiger charge is 1.97. The minimum absolute atomic E-state index is 0.427. The van der Waals surface area contributed by atoms with E-state index in [4.69, 9.17) is 5.11 Å². The van der Waals surface area contributed by atoms with Gasteiger partial charge >= 0.3 is 0 Å². The molecule has 0 amide bonds. The van der Waals surface area contributed by atoms with Gasteiger partial charge in [0.1, 0.15) is 0 Å².